The van der Waals surface area contributed by atoms with Crippen LogP contribution in [0.25, 0.3) is 0 Å². The first-order valence-corrected chi connectivity index (χ1v) is 8.51. The maximum Gasteiger partial charge on any atom is 0.251 e. The molecule has 0 saturated carbocycles. The summed E-state index contributed by atoms with van der Waals surface area (Å²) in [7, 11) is 3.20. The first-order chi connectivity index (χ1) is 13.2. The number of carbonyl (C=O) groups is 1. The van der Waals surface area contributed by atoms with E-state index in [1.54, 1.807) is 38.5 Å². The lowest BCUT2D eigenvalue weighted by molar-refractivity contribution is 0.0950. The molecule has 0 radical (unpaired) electrons. The van der Waals surface area contributed by atoms with Crippen LogP contribution in [0.4, 0.5) is 0 Å². The fraction of sp³-hybridized carbons (Fsp3) is 0.136. The van der Waals surface area contributed by atoms with E-state index in [0.29, 0.717) is 29.4 Å². The van der Waals surface area contributed by atoms with Crippen molar-refractivity contribution in [2.24, 2.45) is 0 Å². The highest BCUT2D eigenvalue weighted by molar-refractivity contribution is 5.94. The molecule has 5 heteroatoms. The Kier molecular flexibility index (Phi) is 5.94. The maximum atomic E-state index is 12.4. The molecule has 138 valence electrons. The minimum atomic E-state index is -0.175. The molecule has 1 N–H and O–H groups in total. The second-order valence-electron chi connectivity index (χ2n) is 5.80. The summed E-state index contributed by atoms with van der Waals surface area (Å²) in [5, 5.41) is 2.90. The van der Waals surface area contributed by atoms with Gasteiger partial charge in [-0.2, -0.15) is 0 Å². The molecule has 0 saturated heterocycles. The Morgan fingerprint density at radius 3 is 2.15 bits per heavy atom. The van der Waals surface area contributed by atoms with Gasteiger partial charge >= 0.3 is 0 Å². The van der Waals surface area contributed by atoms with Crippen LogP contribution in [0.2, 0.25) is 0 Å². The molecule has 0 heterocycles. The number of hydrogen-bond donors (Lipinski definition) is 1. The Balaban J connectivity index is 1.63. The third kappa shape index (κ3) is 4.79. The smallest absolute Gasteiger partial charge is 0.251 e. The number of carbonyl (C=O) groups excluding carboxylic acids is 1. The van der Waals surface area contributed by atoms with E-state index in [4.69, 9.17) is 14.2 Å². The van der Waals surface area contributed by atoms with Crippen LogP contribution < -0.4 is 19.5 Å². The third-order valence-electron chi connectivity index (χ3n) is 4.02. The quantitative estimate of drug-likeness (QED) is 0.675. The van der Waals surface area contributed by atoms with Gasteiger partial charge in [-0.3, -0.25) is 4.79 Å². The van der Waals surface area contributed by atoms with E-state index in [-0.39, 0.29) is 5.91 Å². The fourth-order valence-electron chi connectivity index (χ4n) is 2.60. The van der Waals surface area contributed by atoms with E-state index >= 15 is 0 Å². The number of amides is 1. The molecule has 0 fully saturated rings. The number of rotatable bonds is 7. The van der Waals surface area contributed by atoms with Crippen LogP contribution in [-0.4, -0.2) is 20.1 Å². The van der Waals surface area contributed by atoms with Crippen molar-refractivity contribution in [3.63, 3.8) is 0 Å². The second kappa shape index (κ2) is 8.76. The van der Waals surface area contributed by atoms with E-state index in [9.17, 15) is 4.79 Å². The summed E-state index contributed by atoms with van der Waals surface area (Å²) in [4.78, 5) is 12.4. The molecule has 0 aliphatic carbocycles. The fourth-order valence-corrected chi connectivity index (χ4v) is 2.60. The molecule has 0 spiro atoms. The highest BCUT2D eigenvalue weighted by atomic mass is 16.5. The summed E-state index contributed by atoms with van der Waals surface area (Å²) in [6, 6.07) is 22.0. The van der Waals surface area contributed by atoms with E-state index < -0.39 is 0 Å². The second-order valence-corrected chi connectivity index (χ2v) is 5.80. The Morgan fingerprint density at radius 1 is 0.815 bits per heavy atom. The number of ether oxygens (including phenoxy) is 3. The molecule has 3 rings (SSSR count). The molecule has 1 amide bonds. The van der Waals surface area contributed by atoms with Gasteiger partial charge in [0.1, 0.15) is 23.0 Å². The number of methoxy groups -OCH3 is 2. The minimum Gasteiger partial charge on any atom is -0.497 e. The van der Waals surface area contributed by atoms with Crippen molar-refractivity contribution in [2.45, 2.75) is 6.54 Å². The van der Waals surface area contributed by atoms with Crippen LogP contribution >= 0.6 is 0 Å². The standard InChI is InChI=1S/C22H21NO4/c1-25-20-12-13-21(26-2)17(14-20)15-23-22(24)16-8-10-19(11-9-16)27-18-6-4-3-5-7-18/h3-14H,15H2,1-2H3,(H,23,24). The zero-order chi connectivity index (χ0) is 19.1. The largest absolute Gasteiger partial charge is 0.497 e. The lowest BCUT2D eigenvalue weighted by Gasteiger charge is -2.12. The zero-order valence-corrected chi connectivity index (χ0v) is 15.3. The SMILES string of the molecule is COc1ccc(OC)c(CNC(=O)c2ccc(Oc3ccccc3)cc2)c1. The first kappa shape index (κ1) is 18.3. The van der Waals surface area contributed by atoms with Crippen LogP contribution in [0.1, 0.15) is 15.9 Å². The zero-order valence-electron chi connectivity index (χ0n) is 15.3. The van der Waals surface area contributed by atoms with Crippen molar-refractivity contribution < 1.29 is 19.0 Å². The molecule has 3 aromatic carbocycles. The normalized spacial score (nSPS) is 10.1. The molecule has 3 aromatic rings. The van der Waals surface area contributed by atoms with Gasteiger partial charge in [-0.1, -0.05) is 18.2 Å². The van der Waals surface area contributed by atoms with Crippen molar-refractivity contribution in [2.75, 3.05) is 14.2 Å². The van der Waals surface area contributed by atoms with Gasteiger partial charge in [-0.15, -0.1) is 0 Å². The van der Waals surface area contributed by atoms with Gasteiger partial charge in [0.15, 0.2) is 0 Å². The van der Waals surface area contributed by atoms with Crippen LogP contribution in [0.15, 0.2) is 72.8 Å². The molecule has 5 nitrogen and oxygen atoms in total. The lowest BCUT2D eigenvalue weighted by atomic mass is 10.1. The summed E-state index contributed by atoms with van der Waals surface area (Å²) in [6.07, 6.45) is 0. The predicted octanol–water partition coefficient (Wildman–Crippen LogP) is 4.43. The topological polar surface area (TPSA) is 56.8 Å². The molecular weight excluding hydrogens is 342 g/mol. The van der Waals surface area contributed by atoms with Gasteiger partial charge in [0.2, 0.25) is 0 Å². The minimum absolute atomic E-state index is 0.175. The van der Waals surface area contributed by atoms with Crippen LogP contribution in [0.5, 0.6) is 23.0 Å². The highest BCUT2D eigenvalue weighted by Crippen LogP contribution is 2.24. The monoisotopic (exact) mass is 363 g/mol. The lowest BCUT2D eigenvalue weighted by Crippen LogP contribution is -2.23. The van der Waals surface area contributed by atoms with Crippen LogP contribution in [0.3, 0.4) is 0 Å². The van der Waals surface area contributed by atoms with E-state index in [0.717, 1.165) is 11.3 Å². The first-order valence-electron chi connectivity index (χ1n) is 8.51. The van der Waals surface area contributed by atoms with Gasteiger partial charge < -0.3 is 19.5 Å². The van der Waals surface area contributed by atoms with E-state index in [2.05, 4.69) is 5.32 Å². The number of nitrogens with one attached hydrogen (secondary N) is 1. The van der Waals surface area contributed by atoms with Crippen LogP contribution in [-0.2, 0) is 6.54 Å². The summed E-state index contributed by atoms with van der Waals surface area (Å²) >= 11 is 0. The van der Waals surface area contributed by atoms with Gasteiger partial charge in [0.05, 0.1) is 14.2 Å². The Hall–Kier alpha value is -3.47. The molecule has 0 aliphatic rings. The van der Waals surface area contributed by atoms with Crippen molar-refractivity contribution in [3.8, 4) is 23.0 Å². The molecule has 0 unspecified atom stereocenters. The third-order valence-corrected chi connectivity index (χ3v) is 4.02. The average molecular weight is 363 g/mol. The summed E-state index contributed by atoms with van der Waals surface area (Å²) in [5.41, 5.74) is 1.39. The summed E-state index contributed by atoms with van der Waals surface area (Å²) < 4.78 is 16.3. The highest BCUT2D eigenvalue weighted by Gasteiger charge is 2.09. The van der Waals surface area contributed by atoms with Crippen molar-refractivity contribution in [1.29, 1.82) is 0 Å². The number of hydrogen-bond acceptors (Lipinski definition) is 4. The van der Waals surface area contributed by atoms with Gasteiger partial charge in [0, 0.05) is 17.7 Å². The van der Waals surface area contributed by atoms with Gasteiger partial charge in [-0.05, 0) is 54.6 Å². The van der Waals surface area contributed by atoms with Crippen LogP contribution in [0, 0.1) is 0 Å². The van der Waals surface area contributed by atoms with Crippen molar-refractivity contribution in [1.82, 2.24) is 5.32 Å². The summed E-state index contributed by atoms with van der Waals surface area (Å²) in [6.45, 7) is 0.335. The maximum absolute atomic E-state index is 12.4. The van der Waals surface area contributed by atoms with E-state index in [1.807, 2.05) is 48.5 Å². The van der Waals surface area contributed by atoms with Gasteiger partial charge in [-0.25, -0.2) is 0 Å². The number of para-hydroxylation sites is 1. The number of benzene rings is 3. The summed E-state index contributed by atoms with van der Waals surface area (Å²) in [5.74, 6) is 2.66. The molecule has 27 heavy (non-hydrogen) atoms. The predicted molar refractivity (Wildman–Crippen MR) is 104 cm³/mol. The Morgan fingerprint density at radius 2 is 1.48 bits per heavy atom. The molecule has 0 aliphatic heterocycles. The van der Waals surface area contributed by atoms with Gasteiger partial charge in [0.25, 0.3) is 5.91 Å². The average Bonchev–Trinajstić information content (AvgIpc) is 2.73. The molecule has 0 aromatic heterocycles. The van der Waals surface area contributed by atoms with Crippen molar-refractivity contribution >= 4 is 5.91 Å². The van der Waals surface area contributed by atoms with Crippen molar-refractivity contribution in [3.05, 3.63) is 83.9 Å². The van der Waals surface area contributed by atoms with E-state index in [1.165, 1.54) is 0 Å². The Labute approximate surface area is 158 Å². The Bertz CT molecular complexity index is 892. The molecular formula is C22H21NO4. The molecule has 0 bridgehead atoms. The molecule has 0 atom stereocenters.